The van der Waals surface area contributed by atoms with Gasteiger partial charge in [-0.15, -0.1) is 0 Å². The third-order valence-corrected chi connectivity index (χ3v) is 5.59. The number of morpholine rings is 2. The van der Waals surface area contributed by atoms with Gasteiger partial charge in [0.1, 0.15) is 17.5 Å². The molecule has 0 aliphatic carbocycles. The Labute approximate surface area is 158 Å². The number of hydrogen-bond acceptors (Lipinski definition) is 8. The molecule has 2 saturated heterocycles. The van der Waals surface area contributed by atoms with E-state index in [0.717, 1.165) is 56.5 Å². The van der Waals surface area contributed by atoms with E-state index in [2.05, 4.69) is 21.7 Å². The predicted octanol–water partition coefficient (Wildman–Crippen LogP) is 1.11. The number of rotatable bonds is 2. The number of ether oxygens (including phenoxy) is 2. The van der Waals surface area contributed by atoms with Gasteiger partial charge in [-0.25, -0.2) is 15.0 Å². The van der Waals surface area contributed by atoms with Gasteiger partial charge < -0.3 is 25.0 Å². The first kappa shape index (κ1) is 16.7. The van der Waals surface area contributed by atoms with Crippen molar-refractivity contribution in [1.82, 2.24) is 15.0 Å². The van der Waals surface area contributed by atoms with Crippen LogP contribution in [0.1, 0.15) is 12.5 Å². The van der Waals surface area contributed by atoms with E-state index < -0.39 is 0 Å². The first-order chi connectivity index (χ1) is 13.2. The van der Waals surface area contributed by atoms with E-state index in [1.165, 1.54) is 5.56 Å². The molecule has 142 valence electrons. The number of hydrogen-bond donors (Lipinski definition) is 1. The number of pyridine rings is 1. The normalized spacial score (nSPS) is 24.6. The summed E-state index contributed by atoms with van der Waals surface area (Å²) in [5.41, 5.74) is 7.86. The number of fused-ring (bicyclic) bond motifs is 3. The van der Waals surface area contributed by atoms with Crippen LogP contribution in [0.5, 0.6) is 0 Å². The summed E-state index contributed by atoms with van der Waals surface area (Å²) in [6, 6.07) is 4.35. The molecule has 0 bridgehead atoms. The Bertz CT molecular complexity index is 843. The van der Waals surface area contributed by atoms with Crippen molar-refractivity contribution in [3.05, 3.63) is 23.9 Å². The summed E-state index contributed by atoms with van der Waals surface area (Å²) >= 11 is 0. The fourth-order valence-electron chi connectivity index (χ4n) is 4.17. The molecular formula is C19H24N6O2. The second kappa shape index (κ2) is 6.61. The van der Waals surface area contributed by atoms with E-state index >= 15 is 0 Å². The average Bonchev–Trinajstić information content (AvgIpc) is 3.07. The highest BCUT2D eigenvalue weighted by Crippen LogP contribution is 2.39. The molecule has 8 heteroatoms. The lowest BCUT2D eigenvalue weighted by molar-refractivity contribution is 0.0967. The summed E-state index contributed by atoms with van der Waals surface area (Å²) in [6.07, 6.45) is 2.67. The number of nitrogen functional groups attached to an aromatic ring is 1. The van der Waals surface area contributed by atoms with Gasteiger partial charge in [0.2, 0.25) is 0 Å². The van der Waals surface area contributed by atoms with Crippen LogP contribution in [-0.2, 0) is 15.9 Å². The first-order valence-electron chi connectivity index (χ1n) is 9.52. The Kier molecular flexibility index (Phi) is 4.09. The first-order valence-corrected chi connectivity index (χ1v) is 9.52. The van der Waals surface area contributed by atoms with Crippen LogP contribution >= 0.6 is 0 Å². The molecule has 2 atom stereocenters. The standard InChI is InChI=1S/C19H24N6O2/c1-12-10-26-6-4-24(12)18-15-8-14-11-27-7-5-25(14)19(15)23-17(22-18)13-2-3-16(20)21-9-13/h2-3,9,12,14H,4-8,10-11H2,1H3,(H2,20,21)/t12-,14+/m1/s1. The van der Waals surface area contributed by atoms with E-state index in [4.69, 9.17) is 25.2 Å². The highest BCUT2D eigenvalue weighted by atomic mass is 16.5. The van der Waals surface area contributed by atoms with Crippen LogP contribution < -0.4 is 15.5 Å². The molecule has 5 heterocycles. The molecule has 0 spiro atoms. The number of nitrogens with two attached hydrogens (primary N) is 1. The maximum absolute atomic E-state index is 5.75. The SMILES string of the molecule is C[C@@H]1COCCN1c1nc(-c2ccc(N)nc2)nc2c1C[C@H]1COCCN21. The lowest BCUT2D eigenvalue weighted by Gasteiger charge is -2.35. The van der Waals surface area contributed by atoms with Gasteiger partial charge in [-0.3, -0.25) is 0 Å². The second-order valence-corrected chi connectivity index (χ2v) is 7.39. The maximum Gasteiger partial charge on any atom is 0.165 e. The van der Waals surface area contributed by atoms with Gasteiger partial charge in [0.25, 0.3) is 0 Å². The molecule has 2 fully saturated rings. The van der Waals surface area contributed by atoms with Crippen LogP contribution in [0.15, 0.2) is 18.3 Å². The summed E-state index contributed by atoms with van der Waals surface area (Å²) < 4.78 is 11.3. The van der Waals surface area contributed by atoms with Crippen molar-refractivity contribution in [2.24, 2.45) is 0 Å². The second-order valence-electron chi connectivity index (χ2n) is 7.39. The van der Waals surface area contributed by atoms with Crippen LogP contribution in [0, 0.1) is 0 Å². The third kappa shape index (κ3) is 2.89. The van der Waals surface area contributed by atoms with Gasteiger partial charge in [-0.05, 0) is 19.1 Å². The zero-order valence-corrected chi connectivity index (χ0v) is 15.5. The molecule has 0 unspecified atom stereocenters. The molecule has 0 amide bonds. The van der Waals surface area contributed by atoms with Crippen molar-refractivity contribution < 1.29 is 9.47 Å². The van der Waals surface area contributed by atoms with Crippen molar-refractivity contribution in [2.45, 2.75) is 25.4 Å². The fourth-order valence-corrected chi connectivity index (χ4v) is 4.17. The molecular weight excluding hydrogens is 344 g/mol. The monoisotopic (exact) mass is 368 g/mol. The van der Waals surface area contributed by atoms with Crippen LogP contribution in [0.3, 0.4) is 0 Å². The molecule has 3 aliphatic heterocycles. The van der Waals surface area contributed by atoms with Crippen LogP contribution in [0.2, 0.25) is 0 Å². The highest BCUT2D eigenvalue weighted by Gasteiger charge is 2.38. The number of nitrogens with zero attached hydrogens (tertiary/aromatic N) is 5. The van der Waals surface area contributed by atoms with E-state index in [-0.39, 0.29) is 6.04 Å². The van der Waals surface area contributed by atoms with Gasteiger partial charge >= 0.3 is 0 Å². The summed E-state index contributed by atoms with van der Waals surface area (Å²) in [5.74, 6) is 3.26. The Balaban J connectivity index is 1.63. The number of anilines is 3. The fraction of sp³-hybridized carbons (Fsp3) is 0.526. The van der Waals surface area contributed by atoms with Crippen molar-refractivity contribution in [3.8, 4) is 11.4 Å². The molecule has 5 rings (SSSR count). The lowest BCUT2D eigenvalue weighted by atomic mass is 10.1. The van der Waals surface area contributed by atoms with Crippen LogP contribution in [-0.4, -0.2) is 66.6 Å². The van der Waals surface area contributed by atoms with Crippen molar-refractivity contribution in [1.29, 1.82) is 0 Å². The maximum atomic E-state index is 5.75. The van der Waals surface area contributed by atoms with Crippen molar-refractivity contribution in [2.75, 3.05) is 55.1 Å². The molecule has 0 aromatic carbocycles. The molecule has 0 saturated carbocycles. The molecule has 3 aliphatic rings. The van der Waals surface area contributed by atoms with Gasteiger partial charge in [0, 0.05) is 36.8 Å². The van der Waals surface area contributed by atoms with Crippen molar-refractivity contribution >= 4 is 17.5 Å². The van der Waals surface area contributed by atoms with Crippen LogP contribution in [0.4, 0.5) is 17.5 Å². The van der Waals surface area contributed by atoms with E-state index in [1.807, 2.05) is 6.07 Å². The summed E-state index contributed by atoms with van der Waals surface area (Å²) in [6.45, 7) is 6.81. The van der Waals surface area contributed by atoms with Crippen molar-refractivity contribution in [3.63, 3.8) is 0 Å². The van der Waals surface area contributed by atoms with Gasteiger partial charge in [0.05, 0.1) is 38.5 Å². The Hall–Kier alpha value is -2.45. The lowest BCUT2D eigenvalue weighted by Crippen LogP contribution is -2.44. The Morgan fingerprint density at radius 3 is 2.52 bits per heavy atom. The quantitative estimate of drug-likeness (QED) is 0.843. The van der Waals surface area contributed by atoms with Crippen LogP contribution in [0.25, 0.3) is 11.4 Å². The minimum atomic E-state index is 0.282. The number of aromatic nitrogens is 3. The van der Waals surface area contributed by atoms with E-state index in [1.54, 1.807) is 12.3 Å². The molecule has 2 aromatic heterocycles. The Morgan fingerprint density at radius 2 is 1.78 bits per heavy atom. The zero-order valence-electron chi connectivity index (χ0n) is 15.5. The predicted molar refractivity (Wildman–Crippen MR) is 103 cm³/mol. The van der Waals surface area contributed by atoms with Gasteiger partial charge in [-0.2, -0.15) is 0 Å². The summed E-state index contributed by atoms with van der Waals surface area (Å²) in [5, 5.41) is 0. The average molecular weight is 368 g/mol. The van der Waals surface area contributed by atoms with E-state index in [9.17, 15) is 0 Å². The minimum Gasteiger partial charge on any atom is -0.384 e. The minimum absolute atomic E-state index is 0.282. The third-order valence-electron chi connectivity index (χ3n) is 5.59. The molecule has 8 nitrogen and oxygen atoms in total. The van der Waals surface area contributed by atoms with Gasteiger partial charge in [-0.1, -0.05) is 0 Å². The molecule has 2 aromatic rings. The molecule has 0 radical (unpaired) electrons. The van der Waals surface area contributed by atoms with Gasteiger partial charge in [0.15, 0.2) is 5.82 Å². The summed E-state index contributed by atoms with van der Waals surface area (Å²) in [7, 11) is 0. The topological polar surface area (TPSA) is 89.6 Å². The Morgan fingerprint density at radius 1 is 1.04 bits per heavy atom. The summed E-state index contributed by atoms with van der Waals surface area (Å²) in [4.78, 5) is 18.9. The smallest absolute Gasteiger partial charge is 0.165 e. The largest absolute Gasteiger partial charge is 0.384 e. The van der Waals surface area contributed by atoms with E-state index in [0.29, 0.717) is 24.3 Å². The highest BCUT2D eigenvalue weighted by molar-refractivity contribution is 5.70. The molecule has 2 N–H and O–H groups in total. The molecule has 27 heavy (non-hydrogen) atoms. The zero-order chi connectivity index (χ0) is 18.4.